The number of carbonyl (C=O) groups excluding carboxylic acids is 1. The van der Waals surface area contributed by atoms with Gasteiger partial charge in [0.2, 0.25) is 0 Å². The van der Waals surface area contributed by atoms with Crippen LogP contribution in [-0.2, 0) is 6.54 Å². The first-order chi connectivity index (χ1) is 13.6. The van der Waals surface area contributed by atoms with Crippen molar-refractivity contribution in [1.82, 2.24) is 20.2 Å². The number of nitrogens with one attached hydrogen (secondary N) is 2. The number of nitrogens with zero attached hydrogens (tertiary/aromatic N) is 2. The number of fused-ring (bicyclic) bond motifs is 1. The van der Waals surface area contributed by atoms with E-state index in [1.165, 1.54) is 4.88 Å². The second-order valence-electron chi connectivity index (χ2n) is 7.16. The fourth-order valence-electron chi connectivity index (χ4n) is 3.58. The van der Waals surface area contributed by atoms with Crippen molar-refractivity contribution in [3.63, 3.8) is 0 Å². The standard InChI is InChI=1S/C20H22F2N4OS/c21-18(22)19-24-16-4-3-14(10-17(16)25-19)20(27)23-11-13-5-7-26(8-6-13)12-15-2-1-9-28-15/h1-4,9-10,13,18H,5-8,11-12H2,(H,23,27)(H,24,25). The van der Waals surface area contributed by atoms with Crippen molar-refractivity contribution < 1.29 is 13.6 Å². The Morgan fingerprint density at radius 1 is 1.32 bits per heavy atom. The third-order valence-electron chi connectivity index (χ3n) is 5.19. The number of alkyl halides is 2. The van der Waals surface area contributed by atoms with E-state index >= 15 is 0 Å². The van der Waals surface area contributed by atoms with E-state index in [1.807, 2.05) is 0 Å². The number of benzene rings is 1. The molecule has 8 heteroatoms. The van der Waals surface area contributed by atoms with Crippen LogP contribution in [-0.4, -0.2) is 40.4 Å². The van der Waals surface area contributed by atoms with Crippen LogP contribution in [0.4, 0.5) is 8.78 Å². The molecule has 0 aliphatic carbocycles. The van der Waals surface area contributed by atoms with Crippen LogP contribution in [0.2, 0.25) is 0 Å². The molecule has 2 N–H and O–H groups in total. The van der Waals surface area contributed by atoms with Crippen molar-refractivity contribution in [3.8, 4) is 0 Å². The number of aromatic nitrogens is 2. The molecule has 0 saturated carbocycles. The number of hydrogen-bond donors (Lipinski definition) is 2. The Bertz CT molecular complexity index is 933. The summed E-state index contributed by atoms with van der Waals surface area (Å²) in [7, 11) is 0. The lowest BCUT2D eigenvalue weighted by molar-refractivity contribution is 0.0935. The molecule has 1 aliphatic heterocycles. The van der Waals surface area contributed by atoms with Gasteiger partial charge >= 0.3 is 0 Å². The average molecular weight is 404 g/mol. The minimum Gasteiger partial charge on any atom is -0.352 e. The number of halogens is 2. The summed E-state index contributed by atoms with van der Waals surface area (Å²) in [6, 6.07) is 9.04. The van der Waals surface area contributed by atoms with Gasteiger partial charge in [-0.3, -0.25) is 9.69 Å². The van der Waals surface area contributed by atoms with Crippen LogP contribution in [0.1, 0.15) is 40.3 Å². The van der Waals surface area contributed by atoms with Crippen LogP contribution in [0.3, 0.4) is 0 Å². The SMILES string of the molecule is O=C(NCC1CCN(Cc2cccs2)CC1)c1ccc2nc(C(F)F)[nH]c2c1. The van der Waals surface area contributed by atoms with E-state index < -0.39 is 6.43 Å². The quantitative estimate of drug-likeness (QED) is 0.647. The highest BCUT2D eigenvalue weighted by Gasteiger charge is 2.20. The summed E-state index contributed by atoms with van der Waals surface area (Å²) in [5.41, 5.74) is 1.34. The van der Waals surface area contributed by atoms with Crippen molar-refractivity contribution in [1.29, 1.82) is 0 Å². The van der Waals surface area contributed by atoms with Gasteiger partial charge in [-0.2, -0.15) is 0 Å². The van der Waals surface area contributed by atoms with Crippen LogP contribution in [0, 0.1) is 5.92 Å². The van der Waals surface area contributed by atoms with Gasteiger partial charge in [0.15, 0.2) is 5.82 Å². The first-order valence-corrected chi connectivity index (χ1v) is 10.3. The van der Waals surface area contributed by atoms with Gasteiger partial charge in [0.25, 0.3) is 12.3 Å². The molecule has 0 atom stereocenters. The number of carbonyl (C=O) groups is 1. The number of piperidine rings is 1. The van der Waals surface area contributed by atoms with Crippen LogP contribution in [0.5, 0.6) is 0 Å². The highest BCUT2D eigenvalue weighted by Crippen LogP contribution is 2.22. The lowest BCUT2D eigenvalue weighted by Crippen LogP contribution is -2.38. The predicted octanol–water partition coefficient (Wildman–Crippen LogP) is 4.20. The van der Waals surface area contributed by atoms with E-state index in [4.69, 9.17) is 0 Å². The van der Waals surface area contributed by atoms with Gasteiger partial charge in [-0.05, 0) is 61.5 Å². The highest BCUT2D eigenvalue weighted by molar-refractivity contribution is 7.09. The number of aromatic amines is 1. The van der Waals surface area contributed by atoms with Gasteiger partial charge in [-0.25, -0.2) is 13.8 Å². The van der Waals surface area contributed by atoms with Gasteiger partial charge in [0.05, 0.1) is 11.0 Å². The molecular formula is C20H22F2N4OS. The Hall–Kier alpha value is -2.32. The first-order valence-electron chi connectivity index (χ1n) is 9.39. The van der Waals surface area contributed by atoms with E-state index in [2.05, 4.69) is 37.7 Å². The Kier molecular flexibility index (Phi) is 5.68. The number of thiophene rings is 1. The second-order valence-corrected chi connectivity index (χ2v) is 8.20. The summed E-state index contributed by atoms with van der Waals surface area (Å²) in [4.78, 5) is 22.7. The number of hydrogen-bond acceptors (Lipinski definition) is 4. The zero-order valence-electron chi connectivity index (χ0n) is 15.3. The zero-order chi connectivity index (χ0) is 19.5. The number of amides is 1. The molecule has 1 saturated heterocycles. The van der Waals surface area contributed by atoms with E-state index in [1.54, 1.807) is 29.5 Å². The van der Waals surface area contributed by atoms with Gasteiger partial charge in [-0.1, -0.05) is 6.07 Å². The molecule has 0 unspecified atom stereocenters. The topological polar surface area (TPSA) is 61.0 Å². The fraction of sp³-hybridized carbons (Fsp3) is 0.400. The van der Waals surface area contributed by atoms with Crippen molar-refractivity contribution in [2.24, 2.45) is 5.92 Å². The molecular weight excluding hydrogens is 382 g/mol. The summed E-state index contributed by atoms with van der Waals surface area (Å²) in [6.45, 7) is 3.71. The lowest BCUT2D eigenvalue weighted by atomic mass is 9.96. The molecule has 1 amide bonds. The first kappa shape index (κ1) is 19.0. The van der Waals surface area contributed by atoms with Crippen molar-refractivity contribution in [3.05, 3.63) is 52.0 Å². The van der Waals surface area contributed by atoms with E-state index in [-0.39, 0.29) is 11.7 Å². The van der Waals surface area contributed by atoms with Crippen molar-refractivity contribution in [2.75, 3.05) is 19.6 Å². The minimum absolute atomic E-state index is 0.184. The Morgan fingerprint density at radius 2 is 2.14 bits per heavy atom. The maximum Gasteiger partial charge on any atom is 0.295 e. The Morgan fingerprint density at radius 3 is 2.86 bits per heavy atom. The molecule has 1 aliphatic rings. The largest absolute Gasteiger partial charge is 0.352 e. The third-order valence-corrected chi connectivity index (χ3v) is 6.05. The molecule has 3 heterocycles. The van der Waals surface area contributed by atoms with Crippen molar-refractivity contribution in [2.45, 2.75) is 25.8 Å². The maximum atomic E-state index is 12.7. The van der Waals surface area contributed by atoms with Gasteiger partial charge in [0, 0.05) is 23.5 Å². The molecule has 0 bridgehead atoms. The number of likely N-dealkylation sites (tertiary alicyclic amines) is 1. The van der Waals surface area contributed by atoms with Gasteiger partial charge in [-0.15, -0.1) is 11.3 Å². The molecule has 3 aromatic rings. The summed E-state index contributed by atoms with van der Waals surface area (Å²) in [6.07, 6.45) is -0.540. The summed E-state index contributed by atoms with van der Waals surface area (Å²) in [5, 5.41) is 5.09. The van der Waals surface area contributed by atoms with E-state index in [9.17, 15) is 13.6 Å². The number of imidazole rings is 1. The second kappa shape index (κ2) is 8.36. The number of rotatable bonds is 6. The van der Waals surface area contributed by atoms with Gasteiger partial charge < -0.3 is 10.3 Å². The minimum atomic E-state index is -2.66. The molecule has 2 aromatic heterocycles. The Labute approximate surface area is 165 Å². The summed E-state index contributed by atoms with van der Waals surface area (Å²) in [5.74, 6) is -0.0946. The van der Waals surface area contributed by atoms with Crippen LogP contribution < -0.4 is 5.32 Å². The Balaban J connectivity index is 1.28. The van der Waals surface area contributed by atoms with Crippen LogP contribution in [0.25, 0.3) is 11.0 Å². The molecule has 0 spiro atoms. The molecule has 1 fully saturated rings. The van der Waals surface area contributed by atoms with E-state index in [0.717, 1.165) is 32.5 Å². The smallest absolute Gasteiger partial charge is 0.295 e. The summed E-state index contributed by atoms with van der Waals surface area (Å²) < 4.78 is 25.5. The lowest BCUT2D eigenvalue weighted by Gasteiger charge is -2.31. The normalized spacial score (nSPS) is 16.1. The molecule has 4 rings (SSSR count). The third kappa shape index (κ3) is 4.39. The average Bonchev–Trinajstić information content (AvgIpc) is 3.36. The predicted molar refractivity (Wildman–Crippen MR) is 106 cm³/mol. The highest BCUT2D eigenvalue weighted by atomic mass is 32.1. The molecule has 0 radical (unpaired) electrons. The molecule has 148 valence electrons. The number of H-pyrrole nitrogens is 1. The zero-order valence-corrected chi connectivity index (χ0v) is 16.1. The monoisotopic (exact) mass is 404 g/mol. The van der Waals surface area contributed by atoms with Gasteiger partial charge in [0.1, 0.15) is 0 Å². The fourth-order valence-corrected chi connectivity index (χ4v) is 4.33. The molecule has 1 aromatic carbocycles. The summed E-state index contributed by atoms with van der Waals surface area (Å²) >= 11 is 1.79. The van der Waals surface area contributed by atoms with Crippen molar-refractivity contribution >= 4 is 28.3 Å². The maximum absolute atomic E-state index is 12.7. The molecule has 5 nitrogen and oxygen atoms in total. The van der Waals surface area contributed by atoms with Crippen LogP contribution in [0.15, 0.2) is 35.7 Å². The van der Waals surface area contributed by atoms with E-state index in [0.29, 0.717) is 29.1 Å². The van der Waals surface area contributed by atoms with Crippen LogP contribution >= 0.6 is 11.3 Å². The molecule has 28 heavy (non-hydrogen) atoms.